The van der Waals surface area contributed by atoms with Crippen molar-refractivity contribution in [3.8, 4) is 0 Å². The van der Waals surface area contributed by atoms with Gasteiger partial charge in [-0.1, -0.05) is 6.07 Å². The van der Waals surface area contributed by atoms with Crippen LogP contribution < -0.4 is 5.32 Å². The molecule has 1 amide bonds. The predicted molar refractivity (Wildman–Crippen MR) is 73.7 cm³/mol. The maximum absolute atomic E-state index is 11.8. The molecule has 0 spiro atoms. The lowest BCUT2D eigenvalue weighted by Crippen LogP contribution is -2.25. The first-order chi connectivity index (χ1) is 9.66. The number of nitrogens with one attached hydrogen (secondary N) is 1. The summed E-state index contributed by atoms with van der Waals surface area (Å²) in [5.74, 6) is -1.23. The number of pyridine rings is 1. The van der Waals surface area contributed by atoms with E-state index < -0.39 is 5.97 Å². The van der Waals surface area contributed by atoms with Crippen LogP contribution >= 0.6 is 0 Å². The molecular weight excluding hydrogens is 256 g/mol. The molecule has 20 heavy (non-hydrogen) atoms. The van der Waals surface area contributed by atoms with E-state index in [1.807, 2.05) is 18.2 Å². The van der Waals surface area contributed by atoms with Crippen molar-refractivity contribution < 1.29 is 14.7 Å². The molecule has 2 N–H and O–H groups in total. The van der Waals surface area contributed by atoms with Gasteiger partial charge in [0.2, 0.25) is 0 Å². The Balaban J connectivity index is 1.87. The molecular formula is C15H14N2O3. The van der Waals surface area contributed by atoms with Crippen molar-refractivity contribution in [2.24, 2.45) is 0 Å². The number of rotatable bonds is 5. The van der Waals surface area contributed by atoms with Gasteiger partial charge in [-0.3, -0.25) is 9.78 Å². The van der Waals surface area contributed by atoms with Crippen LogP contribution in [-0.2, 0) is 6.42 Å². The second-order valence-electron chi connectivity index (χ2n) is 4.21. The Kier molecular flexibility index (Phi) is 4.44. The van der Waals surface area contributed by atoms with Gasteiger partial charge in [0.05, 0.1) is 5.56 Å². The van der Waals surface area contributed by atoms with Crippen molar-refractivity contribution in [2.75, 3.05) is 6.54 Å². The predicted octanol–water partition coefficient (Wildman–Crippen LogP) is 1.75. The lowest BCUT2D eigenvalue weighted by atomic mass is 10.1. The Morgan fingerprint density at radius 2 is 1.75 bits per heavy atom. The summed E-state index contributed by atoms with van der Waals surface area (Å²) >= 11 is 0. The van der Waals surface area contributed by atoms with E-state index in [0.29, 0.717) is 18.5 Å². The van der Waals surface area contributed by atoms with Gasteiger partial charge >= 0.3 is 5.97 Å². The average Bonchev–Trinajstić information content (AvgIpc) is 2.48. The first kappa shape index (κ1) is 13.7. The Hall–Kier alpha value is -2.69. The van der Waals surface area contributed by atoms with Crippen LogP contribution in [0.25, 0.3) is 0 Å². The van der Waals surface area contributed by atoms with Crippen molar-refractivity contribution in [3.05, 3.63) is 65.5 Å². The van der Waals surface area contributed by atoms with Gasteiger partial charge in [0, 0.05) is 30.4 Å². The molecule has 0 bridgehead atoms. The average molecular weight is 270 g/mol. The van der Waals surface area contributed by atoms with Crippen LogP contribution in [0.15, 0.2) is 48.7 Å². The highest BCUT2D eigenvalue weighted by molar-refractivity contribution is 5.95. The van der Waals surface area contributed by atoms with Crippen molar-refractivity contribution in [3.63, 3.8) is 0 Å². The van der Waals surface area contributed by atoms with Gasteiger partial charge in [0.15, 0.2) is 0 Å². The largest absolute Gasteiger partial charge is 0.478 e. The number of aromatic nitrogens is 1. The zero-order valence-corrected chi connectivity index (χ0v) is 10.7. The molecule has 0 saturated carbocycles. The molecule has 0 aliphatic carbocycles. The van der Waals surface area contributed by atoms with E-state index in [9.17, 15) is 9.59 Å². The molecule has 0 fully saturated rings. The molecule has 0 aliphatic rings. The third kappa shape index (κ3) is 3.65. The summed E-state index contributed by atoms with van der Waals surface area (Å²) < 4.78 is 0. The highest BCUT2D eigenvalue weighted by Crippen LogP contribution is 2.04. The molecule has 0 saturated heterocycles. The monoisotopic (exact) mass is 270 g/mol. The number of aromatic carboxylic acids is 1. The molecule has 102 valence electrons. The maximum Gasteiger partial charge on any atom is 0.335 e. The molecule has 1 heterocycles. The summed E-state index contributed by atoms with van der Waals surface area (Å²) in [6, 6.07) is 11.5. The van der Waals surface area contributed by atoms with Gasteiger partial charge in [-0.15, -0.1) is 0 Å². The minimum absolute atomic E-state index is 0.162. The van der Waals surface area contributed by atoms with E-state index in [1.54, 1.807) is 6.20 Å². The Bertz CT molecular complexity index is 594. The summed E-state index contributed by atoms with van der Waals surface area (Å²) in [5, 5.41) is 11.5. The molecule has 1 aromatic heterocycles. The van der Waals surface area contributed by atoms with Crippen LogP contribution in [0.3, 0.4) is 0 Å². The number of carboxylic acids is 1. The van der Waals surface area contributed by atoms with Crippen LogP contribution in [0.5, 0.6) is 0 Å². The number of carbonyl (C=O) groups excluding carboxylic acids is 1. The minimum Gasteiger partial charge on any atom is -0.478 e. The van der Waals surface area contributed by atoms with Gasteiger partial charge in [-0.2, -0.15) is 0 Å². The third-order valence-corrected chi connectivity index (χ3v) is 2.79. The smallest absolute Gasteiger partial charge is 0.335 e. The maximum atomic E-state index is 11.8. The van der Waals surface area contributed by atoms with E-state index in [2.05, 4.69) is 10.3 Å². The molecule has 5 heteroatoms. The lowest BCUT2D eigenvalue weighted by Gasteiger charge is -2.05. The molecule has 0 radical (unpaired) electrons. The van der Waals surface area contributed by atoms with Crippen LogP contribution in [0.1, 0.15) is 26.4 Å². The zero-order chi connectivity index (χ0) is 14.4. The van der Waals surface area contributed by atoms with Crippen LogP contribution in [0, 0.1) is 0 Å². The van der Waals surface area contributed by atoms with Crippen molar-refractivity contribution in [1.29, 1.82) is 0 Å². The number of nitrogens with zero attached hydrogens (tertiary/aromatic N) is 1. The van der Waals surface area contributed by atoms with Crippen LogP contribution in [-0.4, -0.2) is 28.5 Å². The second kappa shape index (κ2) is 6.47. The standard InChI is InChI=1S/C15H14N2O3/c18-14(11-4-6-12(7-5-11)15(19)20)17-10-8-13-3-1-2-9-16-13/h1-7,9H,8,10H2,(H,17,18)(H,19,20). The molecule has 2 aromatic rings. The summed E-state index contributed by atoms with van der Waals surface area (Å²) in [4.78, 5) is 26.7. The third-order valence-electron chi connectivity index (χ3n) is 2.79. The molecule has 1 aromatic carbocycles. The summed E-state index contributed by atoms with van der Waals surface area (Å²) in [5.41, 5.74) is 1.51. The first-order valence-corrected chi connectivity index (χ1v) is 6.18. The van der Waals surface area contributed by atoms with E-state index in [0.717, 1.165) is 5.69 Å². The fourth-order valence-corrected chi connectivity index (χ4v) is 1.72. The van der Waals surface area contributed by atoms with Gasteiger partial charge in [-0.05, 0) is 36.4 Å². The van der Waals surface area contributed by atoms with Crippen LogP contribution in [0.2, 0.25) is 0 Å². The Morgan fingerprint density at radius 1 is 1.05 bits per heavy atom. The van der Waals surface area contributed by atoms with E-state index >= 15 is 0 Å². The highest BCUT2D eigenvalue weighted by atomic mass is 16.4. The quantitative estimate of drug-likeness (QED) is 0.867. The minimum atomic E-state index is -1.01. The summed E-state index contributed by atoms with van der Waals surface area (Å²) in [6.45, 7) is 0.483. The molecule has 0 unspecified atom stereocenters. The Morgan fingerprint density at radius 3 is 2.35 bits per heavy atom. The first-order valence-electron chi connectivity index (χ1n) is 6.18. The van der Waals surface area contributed by atoms with Gasteiger partial charge in [0.25, 0.3) is 5.91 Å². The topological polar surface area (TPSA) is 79.3 Å². The number of hydrogen-bond donors (Lipinski definition) is 2. The highest BCUT2D eigenvalue weighted by Gasteiger charge is 2.07. The van der Waals surface area contributed by atoms with Crippen molar-refractivity contribution in [2.45, 2.75) is 6.42 Å². The van der Waals surface area contributed by atoms with Crippen molar-refractivity contribution in [1.82, 2.24) is 10.3 Å². The lowest BCUT2D eigenvalue weighted by molar-refractivity contribution is 0.0696. The summed E-state index contributed by atoms with van der Waals surface area (Å²) in [6.07, 6.45) is 2.36. The van der Waals surface area contributed by atoms with E-state index in [-0.39, 0.29) is 11.5 Å². The number of benzene rings is 1. The number of carboxylic acid groups (broad SMARTS) is 1. The number of amides is 1. The van der Waals surface area contributed by atoms with Crippen molar-refractivity contribution >= 4 is 11.9 Å². The Labute approximate surface area is 116 Å². The van der Waals surface area contributed by atoms with E-state index in [1.165, 1.54) is 24.3 Å². The fraction of sp³-hybridized carbons (Fsp3) is 0.133. The fourth-order valence-electron chi connectivity index (χ4n) is 1.72. The van der Waals surface area contributed by atoms with Gasteiger partial charge < -0.3 is 10.4 Å². The molecule has 0 atom stereocenters. The van der Waals surface area contributed by atoms with Gasteiger partial charge in [0.1, 0.15) is 0 Å². The second-order valence-corrected chi connectivity index (χ2v) is 4.21. The normalized spacial score (nSPS) is 10.0. The van der Waals surface area contributed by atoms with E-state index in [4.69, 9.17) is 5.11 Å². The molecule has 5 nitrogen and oxygen atoms in total. The molecule has 2 rings (SSSR count). The number of hydrogen-bond acceptors (Lipinski definition) is 3. The summed E-state index contributed by atoms with van der Waals surface area (Å²) in [7, 11) is 0. The number of carbonyl (C=O) groups is 2. The SMILES string of the molecule is O=C(O)c1ccc(C(=O)NCCc2ccccn2)cc1. The van der Waals surface area contributed by atoms with Crippen LogP contribution in [0.4, 0.5) is 0 Å². The van der Waals surface area contributed by atoms with Gasteiger partial charge in [-0.25, -0.2) is 4.79 Å². The molecule has 0 aliphatic heterocycles. The zero-order valence-electron chi connectivity index (χ0n) is 10.7.